The summed E-state index contributed by atoms with van der Waals surface area (Å²) in [6.45, 7) is 14.8. The molecule has 0 spiro atoms. The van der Waals surface area contributed by atoms with Gasteiger partial charge in [-0.2, -0.15) is 0 Å². The van der Waals surface area contributed by atoms with Crippen molar-refractivity contribution in [2.45, 2.75) is 174 Å². The fourth-order valence-electron chi connectivity index (χ4n) is 13.4. The van der Waals surface area contributed by atoms with Crippen molar-refractivity contribution in [1.82, 2.24) is 0 Å². The first kappa shape index (κ1) is 43.5. The maximum atomic E-state index is 14.8. The molecule has 0 aromatic heterocycles. The van der Waals surface area contributed by atoms with E-state index in [1.165, 1.54) is 0 Å². The minimum absolute atomic E-state index is 0.0217. The average molecular weight is 823 g/mol. The smallest absolute Gasteiger partial charge is 0.335 e. The molecule has 6 fully saturated rings. The summed E-state index contributed by atoms with van der Waals surface area (Å²) < 4.78 is 23.4. The summed E-state index contributed by atoms with van der Waals surface area (Å²) in [6, 6.07) is 0. The molecule has 2 aliphatic heterocycles. The molecule has 16 heteroatoms. The Kier molecular flexibility index (Phi) is 10.7. The number of rotatable bonds is 7. The van der Waals surface area contributed by atoms with E-state index in [0.717, 1.165) is 37.7 Å². The molecule has 326 valence electrons. The lowest BCUT2D eigenvalue weighted by molar-refractivity contribution is -0.371. The topological polar surface area (TPSA) is 267 Å². The quantitative estimate of drug-likeness (QED) is 0.171. The van der Waals surface area contributed by atoms with E-state index in [2.05, 4.69) is 27.7 Å². The van der Waals surface area contributed by atoms with Crippen LogP contribution < -0.4 is 0 Å². The van der Waals surface area contributed by atoms with E-state index in [-0.39, 0.29) is 34.4 Å². The normalized spacial score (nSPS) is 52.6. The number of hydrogen-bond acceptors (Lipinski definition) is 13. The third-order valence-electron chi connectivity index (χ3n) is 17.2. The summed E-state index contributed by atoms with van der Waals surface area (Å²) in [5.41, 5.74) is -1.81. The molecule has 16 nitrogen and oxygen atoms in total. The molecule has 2 saturated heterocycles. The second-order valence-electron chi connectivity index (χ2n) is 20.6. The van der Waals surface area contributed by atoms with Crippen molar-refractivity contribution in [2.24, 2.45) is 50.2 Å². The van der Waals surface area contributed by atoms with Gasteiger partial charge in [0.15, 0.2) is 30.6 Å². The fraction of sp³-hybridized carbons (Fsp3) is 0.857. The maximum absolute atomic E-state index is 14.8. The Morgan fingerprint density at radius 3 is 1.88 bits per heavy atom. The van der Waals surface area contributed by atoms with E-state index < -0.39 is 107 Å². The predicted molar refractivity (Wildman–Crippen MR) is 199 cm³/mol. The third kappa shape index (κ3) is 6.25. The number of carboxylic acid groups (broad SMARTS) is 3. The molecule has 5 aliphatic carbocycles. The second-order valence-corrected chi connectivity index (χ2v) is 20.6. The van der Waals surface area contributed by atoms with Gasteiger partial charge in [0.1, 0.15) is 36.6 Å². The van der Waals surface area contributed by atoms with Crippen LogP contribution in [0.1, 0.15) is 106 Å². The molecule has 9 unspecified atom stereocenters. The molecule has 7 aliphatic rings. The van der Waals surface area contributed by atoms with E-state index in [9.17, 15) is 60.0 Å². The number of aliphatic hydroxyl groups is 5. The summed E-state index contributed by atoms with van der Waals surface area (Å²) in [4.78, 5) is 51.3. The van der Waals surface area contributed by atoms with Gasteiger partial charge in [0, 0.05) is 5.92 Å². The Balaban J connectivity index is 1.17. The lowest BCUT2D eigenvalue weighted by atomic mass is 9.33. The molecule has 58 heavy (non-hydrogen) atoms. The van der Waals surface area contributed by atoms with Crippen molar-refractivity contribution in [1.29, 1.82) is 0 Å². The third-order valence-corrected chi connectivity index (χ3v) is 17.2. The van der Waals surface area contributed by atoms with Gasteiger partial charge in [0.05, 0.1) is 11.5 Å². The molecular weight excluding hydrogens is 760 g/mol. The van der Waals surface area contributed by atoms with Crippen molar-refractivity contribution < 1.29 is 79.0 Å². The summed E-state index contributed by atoms with van der Waals surface area (Å²) in [5, 5.41) is 83.0. The zero-order valence-electron chi connectivity index (χ0n) is 34.4. The van der Waals surface area contributed by atoms with Crippen LogP contribution in [0.5, 0.6) is 0 Å². The summed E-state index contributed by atoms with van der Waals surface area (Å²) in [5.74, 6) is -4.47. The number of hydrogen-bond donors (Lipinski definition) is 8. The molecule has 19 atom stereocenters. The molecule has 0 amide bonds. The Bertz CT molecular complexity index is 1730. The number of ether oxygens (including phenoxy) is 4. The molecule has 2 heterocycles. The number of carbonyl (C=O) groups excluding carboxylic acids is 1. The van der Waals surface area contributed by atoms with Crippen molar-refractivity contribution in [3.05, 3.63) is 11.6 Å². The van der Waals surface area contributed by atoms with Crippen LogP contribution in [0.15, 0.2) is 11.6 Å². The number of aliphatic hydroxyl groups excluding tert-OH is 5. The van der Waals surface area contributed by atoms with Crippen LogP contribution in [-0.2, 0) is 38.1 Å². The number of aliphatic carboxylic acids is 3. The van der Waals surface area contributed by atoms with Crippen molar-refractivity contribution in [3.8, 4) is 0 Å². The number of carbonyl (C=O) groups is 4. The van der Waals surface area contributed by atoms with Crippen LogP contribution in [0.2, 0.25) is 0 Å². The monoisotopic (exact) mass is 822 g/mol. The molecule has 0 bridgehead atoms. The van der Waals surface area contributed by atoms with E-state index >= 15 is 0 Å². The van der Waals surface area contributed by atoms with Gasteiger partial charge in [0.2, 0.25) is 0 Å². The van der Waals surface area contributed by atoms with E-state index in [0.29, 0.717) is 25.7 Å². The van der Waals surface area contributed by atoms with Crippen molar-refractivity contribution in [2.75, 3.05) is 0 Å². The average Bonchev–Trinajstić information content (AvgIpc) is 3.13. The van der Waals surface area contributed by atoms with Gasteiger partial charge in [-0.25, -0.2) is 9.59 Å². The molecular formula is C42H62O16. The van der Waals surface area contributed by atoms with Gasteiger partial charge in [0.25, 0.3) is 0 Å². The Hall–Kier alpha value is -2.54. The lowest BCUT2D eigenvalue weighted by Gasteiger charge is -2.70. The zero-order chi connectivity index (χ0) is 42.9. The maximum Gasteiger partial charge on any atom is 0.335 e. The molecule has 4 saturated carbocycles. The highest BCUT2D eigenvalue weighted by atomic mass is 16.8. The standard InChI is InChI=1S/C42H62O16/c1-37(2)21-8-11-42(7)31(20(43)16-18-19-17-39(4,36(53)54)13-12-38(19,3)14-15-41(18,42)6)40(21,5)10-9-22(37)55-35-30(26(47)25(46)29(57-35)33(51)52)58-34-27(48)23(44)24(45)28(56-34)32(49)50/h16,19,21-31,34-35,44-48H,8-15,17H2,1-7H3,(H,49,50)(H,51,52)(H,53,54)/t19-,21-,22?,23?,24?,25?,26?,27?,28?,29?,30?,31+,34-,35-,38-,39-,40-,41-,42+/m0/s1. The summed E-state index contributed by atoms with van der Waals surface area (Å²) in [7, 11) is 0. The van der Waals surface area contributed by atoms with Crippen molar-refractivity contribution >= 4 is 23.7 Å². The van der Waals surface area contributed by atoms with E-state index in [4.69, 9.17) is 18.9 Å². The summed E-state index contributed by atoms with van der Waals surface area (Å²) in [6.07, 6.45) is -12.2. The zero-order valence-corrected chi connectivity index (χ0v) is 34.4. The van der Waals surface area contributed by atoms with Crippen LogP contribution in [-0.4, -0.2) is 132 Å². The summed E-state index contributed by atoms with van der Waals surface area (Å²) >= 11 is 0. The van der Waals surface area contributed by atoms with Crippen LogP contribution >= 0.6 is 0 Å². The van der Waals surface area contributed by atoms with Crippen LogP contribution in [0, 0.1) is 50.2 Å². The highest BCUT2D eigenvalue weighted by molar-refractivity contribution is 5.95. The van der Waals surface area contributed by atoms with Crippen LogP contribution in [0.3, 0.4) is 0 Å². The Morgan fingerprint density at radius 2 is 1.28 bits per heavy atom. The molecule has 8 N–H and O–H groups in total. The van der Waals surface area contributed by atoms with Gasteiger partial charge in [-0.05, 0) is 110 Å². The minimum atomic E-state index is -2.05. The van der Waals surface area contributed by atoms with Gasteiger partial charge in [-0.1, -0.05) is 47.1 Å². The van der Waals surface area contributed by atoms with Gasteiger partial charge in [-0.3, -0.25) is 9.59 Å². The van der Waals surface area contributed by atoms with Crippen LogP contribution in [0.4, 0.5) is 0 Å². The first-order chi connectivity index (χ1) is 26.8. The van der Waals surface area contributed by atoms with E-state index in [1.807, 2.05) is 26.8 Å². The number of allylic oxidation sites excluding steroid dienone is 2. The second kappa shape index (κ2) is 14.3. The minimum Gasteiger partial charge on any atom is -0.481 e. The predicted octanol–water partition coefficient (Wildman–Crippen LogP) is 2.25. The van der Waals surface area contributed by atoms with Crippen molar-refractivity contribution in [3.63, 3.8) is 0 Å². The fourth-order valence-corrected chi connectivity index (χ4v) is 13.4. The highest BCUT2D eigenvalue weighted by Gasteiger charge is 2.71. The van der Waals surface area contributed by atoms with E-state index in [1.54, 1.807) is 0 Å². The lowest BCUT2D eigenvalue weighted by Crippen LogP contribution is -2.68. The number of carboxylic acids is 3. The Morgan fingerprint density at radius 1 is 0.690 bits per heavy atom. The number of fused-ring (bicyclic) bond motifs is 7. The molecule has 7 rings (SSSR count). The van der Waals surface area contributed by atoms with Gasteiger partial charge in [-0.15, -0.1) is 0 Å². The highest BCUT2D eigenvalue weighted by Crippen LogP contribution is 2.75. The Labute approximate surface area is 337 Å². The SMILES string of the molecule is CC1(C)C(O[C@H]2OC(C(=O)O)C(O)C(O)C2O[C@@H]2OC(C(=O)O)C(O)C(O)C2O)CC[C@]2(C)[C@H]3C(=O)C=C4[C@@H]5C[C@@](C)(C(=O)O)CC[C@@]5(C)CC[C@]4(C)[C@]3(C)CC[C@@H]12. The van der Waals surface area contributed by atoms with Gasteiger partial charge < -0.3 is 59.8 Å². The molecule has 0 aromatic carbocycles. The number of ketones is 1. The first-order valence-electron chi connectivity index (χ1n) is 20.7. The first-order valence-corrected chi connectivity index (χ1v) is 20.7. The molecule has 0 aromatic rings. The molecule has 0 radical (unpaired) electrons. The van der Waals surface area contributed by atoms with Gasteiger partial charge >= 0.3 is 17.9 Å². The largest absolute Gasteiger partial charge is 0.481 e. The van der Waals surface area contributed by atoms with Crippen LogP contribution in [0.25, 0.3) is 0 Å².